The molecule has 0 saturated carbocycles. The van der Waals surface area contributed by atoms with Gasteiger partial charge in [-0.2, -0.15) is 0 Å². The van der Waals surface area contributed by atoms with E-state index in [1.807, 2.05) is 49.3 Å². The number of amides is 1. The van der Waals surface area contributed by atoms with E-state index >= 15 is 0 Å². The van der Waals surface area contributed by atoms with Crippen molar-refractivity contribution < 1.29 is 4.79 Å². The summed E-state index contributed by atoms with van der Waals surface area (Å²) in [5.74, 6) is -0.0124. The number of hydrogen-bond donors (Lipinski definition) is 2. The molecule has 0 aliphatic heterocycles. The first-order valence-corrected chi connectivity index (χ1v) is 5.36. The Balaban J connectivity index is 2.79. The first-order chi connectivity index (χ1) is 7.66. The van der Waals surface area contributed by atoms with Crippen LogP contribution in [0.4, 0.5) is 0 Å². The second-order valence-electron chi connectivity index (χ2n) is 3.86. The minimum atomic E-state index is -0.257. The Bertz CT molecular complexity index is 324. The molecule has 0 aliphatic rings. The third-order valence-corrected chi connectivity index (χ3v) is 2.32. The van der Waals surface area contributed by atoms with Crippen LogP contribution in [0.25, 0.3) is 0 Å². The normalized spacial score (nSPS) is 12.5. The SMILES string of the molecule is CN(C)C(C(=O)NCCN)c1ccccc1. The number of nitrogens with zero attached hydrogens (tertiary/aromatic N) is 1. The molecule has 1 unspecified atom stereocenters. The molecule has 4 nitrogen and oxygen atoms in total. The van der Waals surface area contributed by atoms with Crippen molar-refractivity contribution >= 4 is 5.91 Å². The number of carbonyl (C=O) groups excluding carboxylic acids is 1. The number of likely N-dealkylation sites (N-methyl/N-ethyl adjacent to an activating group) is 1. The lowest BCUT2D eigenvalue weighted by atomic mass is 10.1. The summed E-state index contributed by atoms with van der Waals surface area (Å²) in [6.07, 6.45) is 0. The number of nitrogens with one attached hydrogen (secondary N) is 1. The van der Waals surface area contributed by atoms with Gasteiger partial charge in [0.15, 0.2) is 0 Å². The predicted molar refractivity (Wildman–Crippen MR) is 64.9 cm³/mol. The zero-order chi connectivity index (χ0) is 12.0. The molecule has 88 valence electrons. The lowest BCUT2D eigenvalue weighted by Gasteiger charge is -2.23. The smallest absolute Gasteiger partial charge is 0.241 e. The van der Waals surface area contributed by atoms with Crippen LogP contribution in [0, 0.1) is 0 Å². The van der Waals surface area contributed by atoms with Gasteiger partial charge < -0.3 is 11.1 Å². The molecule has 3 N–H and O–H groups in total. The van der Waals surface area contributed by atoms with E-state index in [2.05, 4.69) is 5.32 Å². The van der Waals surface area contributed by atoms with Crippen LogP contribution in [0.3, 0.4) is 0 Å². The zero-order valence-electron chi connectivity index (χ0n) is 9.81. The quantitative estimate of drug-likeness (QED) is 0.755. The maximum Gasteiger partial charge on any atom is 0.241 e. The molecule has 0 aliphatic carbocycles. The fraction of sp³-hybridized carbons (Fsp3) is 0.417. The van der Waals surface area contributed by atoms with Crippen molar-refractivity contribution in [1.29, 1.82) is 0 Å². The molecule has 1 amide bonds. The summed E-state index contributed by atoms with van der Waals surface area (Å²) in [6, 6.07) is 9.45. The number of hydrogen-bond acceptors (Lipinski definition) is 3. The summed E-state index contributed by atoms with van der Waals surface area (Å²) in [5.41, 5.74) is 6.35. The third-order valence-electron chi connectivity index (χ3n) is 2.32. The zero-order valence-corrected chi connectivity index (χ0v) is 9.81. The minimum Gasteiger partial charge on any atom is -0.353 e. The van der Waals surface area contributed by atoms with Crippen molar-refractivity contribution in [2.24, 2.45) is 5.73 Å². The van der Waals surface area contributed by atoms with E-state index in [4.69, 9.17) is 5.73 Å². The van der Waals surface area contributed by atoms with Gasteiger partial charge in [-0.05, 0) is 19.7 Å². The van der Waals surface area contributed by atoms with Crippen LogP contribution in [0.2, 0.25) is 0 Å². The molecule has 0 radical (unpaired) electrons. The van der Waals surface area contributed by atoms with Crippen molar-refractivity contribution in [2.45, 2.75) is 6.04 Å². The minimum absolute atomic E-state index is 0.0124. The molecule has 1 rings (SSSR count). The molecule has 1 aromatic carbocycles. The number of nitrogens with two attached hydrogens (primary N) is 1. The summed E-state index contributed by atoms with van der Waals surface area (Å²) >= 11 is 0. The second-order valence-corrected chi connectivity index (χ2v) is 3.86. The fourth-order valence-electron chi connectivity index (χ4n) is 1.61. The lowest BCUT2D eigenvalue weighted by Crippen LogP contribution is -2.39. The van der Waals surface area contributed by atoms with Gasteiger partial charge >= 0.3 is 0 Å². The van der Waals surface area contributed by atoms with Crippen LogP contribution in [0.15, 0.2) is 30.3 Å². The van der Waals surface area contributed by atoms with Gasteiger partial charge in [0.25, 0.3) is 0 Å². The molecule has 4 heteroatoms. The highest BCUT2D eigenvalue weighted by molar-refractivity contribution is 5.83. The topological polar surface area (TPSA) is 58.4 Å². The van der Waals surface area contributed by atoms with E-state index in [0.29, 0.717) is 13.1 Å². The van der Waals surface area contributed by atoms with E-state index < -0.39 is 0 Å². The van der Waals surface area contributed by atoms with Crippen LogP contribution in [-0.4, -0.2) is 38.0 Å². The van der Waals surface area contributed by atoms with E-state index in [1.54, 1.807) is 0 Å². The Morgan fingerprint density at radius 3 is 2.50 bits per heavy atom. The Morgan fingerprint density at radius 1 is 1.38 bits per heavy atom. The molecule has 1 aromatic rings. The number of benzene rings is 1. The van der Waals surface area contributed by atoms with Gasteiger partial charge in [0.1, 0.15) is 6.04 Å². The highest BCUT2D eigenvalue weighted by atomic mass is 16.2. The van der Waals surface area contributed by atoms with Crippen LogP contribution in [0.5, 0.6) is 0 Å². The maximum atomic E-state index is 11.9. The maximum absolute atomic E-state index is 11.9. The largest absolute Gasteiger partial charge is 0.353 e. The van der Waals surface area contributed by atoms with Crippen molar-refractivity contribution in [3.8, 4) is 0 Å². The highest BCUT2D eigenvalue weighted by Gasteiger charge is 2.21. The van der Waals surface area contributed by atoms with Gasteiger partial charge in [-0.25, -0.2) is 0 Å². The van der Waals surface area contributed by atoms with Gasteiger partial charge in [0.05, 0.1) is 0 Å². The Labute approximate surface area is 96.4 Å². The van der Waals surface area contributed by atoms with E-state index in [0.717, 1.165) is 5.56 Å². The fourth-order valence-corrected chi connectivity index (χ4v) is 1.61. The molecule has 16 heavy (non-hydrogen) atoms. The van der Waals surface area contributed by atoms with Crippen LogP contribution >= 0.6 is 0 Å². The molecular weight excluding hydrogens is 202 g/mol. The number of rotatable bonds is 5. The molecule has 0 heterocycles. The van der Waals surface area contributed by atoms with E-state index in [1.165, 1.54) is 0 Å². The van der Waals surface area contributed by atoms with Crippen molar-refractivity contribution in [3.63, 3.8) is 0 Å². The second kappa shape index (κ2) is 6.25. The van der Waals surface area contributed by atoms with Crippen molar-refractivity contribution in [3.05, 3.63) is 35.9 Å². The lowest BCUT2D eigenvalue weighted by molar-refractivity contribution is -0.125. The van der Waals surface area contributed by atoms with E-state index in [9.17, 15) is 4.79 Å². The monoisotopic (exact) mass is 221 g/mol. The summed E-state index contributed by atoms with van der Waals surface area (Å²) < 4.78 is 0. The van der Waals surface area contributed by atoms with Gasteiger partial charge in [0.2, 0.25) is 5.91 Å². The van der Waals surface area contributed by atoms with Gasteiger partial charge in [-0.1, -0.05) is 30.3 Å². The predicted octanol–water partition coefficient (Wildman–Crippen LogP) is 0.364. The molecule has 0 saturated heterocycles. The standard InChI is InChI=1S/C12H19N3O/c1-15(2)11(12(16)14-9-8-13)10-6-4-3-5-7-10/h3-7,11H,8-9,13H2,1-2H3,(H,14,16). The number of carbonyl (C=O) groups is 1. The van der Waals surface area contributed by atoms with Crippen LogP contribution in [0.1, 0.15) is 11.6 Å². The van der Waals surface area contributed by atoms with Gasteiger partial charge in [0, 0.05) is 13.1 Å². The average molecular weight is 221 g/mol. The summed E-state index contributed by atoms with van der Waals surface area (Å²) in [4.78, 5) is 13.8. The van der Waals surface area contributed by atoms with E-state index in [-0.39, 0.29) is 11.9 Å². The summed E-state index contributed by atoms with van der Waals surface area (Å²) in [6.45, 7) is 0.969. The summed E-state index contributed by atoms with van der Waals surface area (Å²) in [7, 11) is 3.78. The highest BCUT2D eigenvalue weighted by Crippen LogP contribution is 2.17. The van der Waals surface area contributed by atoms with Crippen LogP contribution in [-0.2, 0) is 4.79 Å². The van der Waals surface area contributed by atoms with Crippen LogP contribution < -0.4 is 11.1 Å². The summed E-state index contributed by atoms with van der Waals surface area (Å²) in [5, 5.41) is 2.81. The molecule has 0 aromatic heterocycles. The third kappa shape index (κ3) is 3.32. The van der Waals surface area contributed by atoms with Crippen molar-refractivity contribution in [1.82, 2.24) is 10.2 Å². The molecular formula is C12H19N3O. The molecule has 1 atom stereocenters. The first-order valence-electron chi connectivity index (χ1n) is 5.36. The molecule has 0 fully saturated rings. The average Bonchev–Trinajstić information content (AvgIpc) is 2.27. The van der Waals surface area contributed by atoms with Crippen molar-refractivity contribution in [2.75, 3.05) is 27.2 Å². The Morgan fingerprint density at radius 2 is 2.00 bits per heavy atom. The Kier molecular flexibility index (Phi) is 4.95. The van der Waals surface area contributed by atoms with Gasteiger partial charge in [-0.15, -0.1) is 0 Å². The molecule has 0 bridgehead atoms. The molecule has 0 spiro atoms. The Hall–Kier alpha value is -1.39. The first kappa shape index (κ1) is 12.7. The van der Waals surface area contributed by atoms with Gasteiger partial charge in [-0.3, -0.25) is 9.69 Å².